The van der Waals surface area contributed by atoms with Crippen molar-refractivity contribution in [2.45, 2.75) is 37.1 Å². The third-order valence-electron chi connectivity index (χ3n) is 3.42. The molecule has 20 heavy (non-hydrogen) atoms. The number of benzene rings is 1. The van der Waals surface area contributed by atoms with Crippen molar-refractivity contribution in [3.05, 3.63) is 24.3 Å². The van der Waals surface area contributed by atoms with E-state index in [0.29, 0.717) is 17.1 Å². The summed E-state index contributed by atoms with van der Waals surface area (Å²) in [6.07, 6.45) is 3.39. The Morgan fingerprint density at radius 2 is 2.10 bits per heavy atom. The summed E-state index contributed by atoms with van der Waals surface area (Å²) in [5, 5.41) is 6.75. The lowest BCUT2D eigenvalue weighted by atomic mass is 10.1. The summed E-state index contributed by atoms with van der Waals surface area (Å²) in [4.78, 5) is 0.325. The van der Waals surface area contributed by atoms with Crippen molar-refractivity contribution in [1.82, 2.24) is 10.0 Å². The van der Waals surface area contributed by atoms with Crippen molar-refractivity contribution in [2.75, 3.05) is 25.0 Å². The normalized spacial score (nSPS) is 20.4. The fraction of sp³-hybridized carbons (Fsp3) is 0.571. The van der Waals surface area contributed by atoms with Crippen molar-refractivity contribution < 1.29 is 8.42 Å². The van der Waals surface area contributed by atoms with Gasteiger partial charge in [0.15, 0.2) is 0 Å². The van der Waals surface area contributed by atoms with Gasteiger partial charge in [-0.2, -0.15) is 0 Å². The summed E-state index contributed by atoms with van der Waals surface area (Å²) in [7, 11) is -3.43. The average Bonchev–Trinajstić information content (AvgIpc) is 2.68. The molecule has 5 nitrogen and oxygen atoms in total. The lowest BCUT2D eigenvalue weighted by Gasteiger charge is -2.20. The van der Waals surface area contributed by atoms with E-state index in [0.717, 1.165) is 25.9 Å². The Hall–Kier alpha value is -1.11. The molecular weight excluding hydrogens is 274 g/mol. The van der Waals surface area contributed by atoms with Crippen molar-refractivity contribution in [3.63, 3.8) is 0 Å². The first-order valence-electron chi connectivity index (χ1n) is 7.19. The summed E-state index contributed by atoms with van der Waals surface area (Å²) >= 11 is 0. The lowest BCUT2D eigenvalue weighted by molar-refractivity contribution is 0.583. The van der Waals surface area contributed by atoms with Crippen LogP contribution in [0.1, 0.15) is 26.2 Å². The van der Waals surface area contributed by atoms with Crippen LogP contribution in [-0.2, 0) is 10.0 Å². The Labute approximate surface area is 121 Å². The molecule has 1 aliphatic rings. The van der Waals surface area contributed by atoms with E-state index in [2.05, 4.69) is 15.4 Å². The van der Waals surface area contributed by atoms with Gasteiger partial charge in [-0.05, 0) is 31.5 Å². The van der Waals surface area contributed by atoms with Gasteiger partial charge < -0.3 is 10.6 Å². The third kappa shape index (κ3) is 3.94. The van der Waals surface area contributed by atoms with E-state index in [1.165, 1.54) is 6.42 Å². The molecule has 1 aliphatic heterocycles. The monoisotopic (exact) mass is 297 g/mol. The minimum Gasteiger partial charge on any atom is -0.380 e. The quantitative estimate of drug-likeness (QED) is 0.771. The van der Waals surface area contributed by atoms with Crippen LogP contribution in [0.3, 0.4) is 0 Å². The van der Waals surface area contributed by atoms with Crippen LogP contribution in [0, 0.1) is 0 Å². The van der Waals surface area contributed by atoms with E-state index in [1.54, 1.807) is 19.1 Å². The highest BCUT2D eigenvalue weighted by atomic mass is 32.2. The Bertz CT molecular complexity index is 523. The van der Waals surface area contributed by atoms with Gasteiger partial charge in [-0.15, -0.1) is 0 Å². The number of nitrogens with one attached hydrogen (secondary N) is 3. The summed E-state index contributed by atoms with van der Waals surface area (Å²) in [5.41, 5.74) is 0.683. The zero-order chi connectivity index (χ0) is 14.4. The van der Waals surface area contributed by atoms with Crippen molar-refractivity contribution in [3.8, 4) is 0 Å². The summed E-state index contributed by atoms with van der Waals surface area (Å²) < 4.78 is 26.9. The number of anilines is 1. The second-order valence-electron chi connectivity index (χ2n) is 5.04. The lowest BCUT2D eigenvalue weighted by Crippen LogP contribution is -2.32. The fourth-order valence-corrected chi connectivity index (χ4v) is 3.66. The highest BCUT2D eigenvalue weighted by Crippen LogP contribution is 2.22. The maximum absolute atomic E-state index is 12.2. The van der Waals surface area contributed by atoms with Crippen molar-refractivity contribution in [1.29, 1.82) is 0 Å². The molecule has 0 saturated carbocycles. The number of sulfonamides is 1. The molecule has 0 spiro atoms. The number of hydrogen-bond acceptors (Lipinski definition) is 4. The first kappa shape index (κ1) is 15.3. The van der Waals surface area contributed by atoms with Crippen LogP contribution in [0.25, 0.3) is 0 Å². The molecule has 1 aromatic rings. The molecule has 112 valence electrons. The van der Waals surface area contributed by atoms with Gasteiger partial charge in [0.2, 0.25) is 10.0 Å². The van der Waals surface area contributed by atoms with Crippen molar-refractivity contribution in [2.24, 2.45) is 0 Å². The minimum absolute atomic E-state index is 0.274. The molecule has 0 bridgehead atoms. The van der Waals surface area contributed by atoms with E-state index in [1.807, 2.05) is 12.1 Å². The van der Waals surface area contributed by atoms with E-state index in [-0.39, 0.29) is 6.04 Å². The maximum atomic E-state index is 12.2. The second-order valence-corrected chi connectivity index (χ2v) is 6.77. The molecule has 1 atom stereocenters. The standard InChI is InChI=1S/C14H23N3O2S/c1-2-16-20(18,19)14-9-4-3-8-13(14)17-12-7-5-6-10-15-11-12/h3-4,8-9,12,15-17H,2,5-7,10-11H2,1H3. The predicted octanol–water partition coefficient (Wildman–Crippen LogP) is 1.54. The van der Waals surface area contributed by atoms with E-state index in [9.17, 15) is 8.42 Å². The molecular formula is C14H23N3O2S. The molecule has 0 aliphatic carbocycles. The van der Waals surface area contributed by atoms with Crippen LogP contribution in [0.4, 0.5) is 5.69 Å². The molecule has 1 aromatic carbocycles. The zero-order valence-corrected chi connectivity index (χ0v) is 12.7. The fourth-order valence-electron chi connectivity index (χ4n) is 2.45. The smallest absolute Gasteiger partial charge is 0.242 e. The molecule has 0 aromatic heterocycles. The van der Waals surface area contributed by atoms with Crippen LogP contribution < -0.4 is 15.4 Å². The number of rotatable bonds is 5. The topological polar surface area (TPSA) is 70.2 Å². The first-order chi connectivity index (χ1) is 9.63. The van der Waals surface area contributed by atoms with Gasteiger partial charge in [0, 0.05) is 19.1 Å². The largest absolute Gasteiger partial charge is 0.380 e. The highest BCUT2D eigenvalue weighted by molar-refractivity contribution is 7.89. The van der Waals surface area contributed by atoms with Crippen LogP contribution >= 0.6 is 0 Å². The maximum Gasteiger partial charge on any atom is 0.242 e. The SMILES string of the molecule is CCNS(=O)(=O)c1ccccc1NC1CCCCNC1. The van der Waals surface area contributed by atoms with Gasteiger partial charge in [0.25, 0.3) is 0 Å². The summed E-state index contributed by atoms with van der Waals surface area (Å²) in [5.74, 6) is 0. The molecule has 1 fully saturated rings. The first-order valence-corrected chi connectivity index (χ1v) is 8.68. The molecule has 1 saturated heterocycles. The van der Waals surface area contributed by atoms with Crippen molar-refractivity contribution >= 4 is 15.7 Å². The molecule has 6 heteroatoms. The Morgan fingerprint density at radius 1 is 1.30 bits per heavy atom. The number of hydrogen-bond donors (Lipinski definition) is 3. The summed E-state index contributed by atoms with van der Waals surface area (Å²) in [6.45, 7) is 4.08. The van der Waals surface area contributed by atoms with Gasteiger partial charge >= 0.3 is 0 Å². The Balaban J connectivity index is 2.19. The molecule has 0 amide bonds. The van der Waals surface area contributed by atoms with Gasteiger partial charge in [-0.1, -0.05) is 25.5 Å². The van der Waals surface area contributed by atoms with Crippen LogP contribution in [0.2, 0.25) is 0 Å². The minimum atomic E-state index is -3.43. The summed E-state index contributed by atoms with van der Waals surface area (Å²) in [6, 6.07) is 7.35. The van der Waals surface area contributed by atoms with E-state index < -0.39 is 10.0 Å². The van der Waals surface area contributed by atoms with Crippen LogP contribution in [0.5, 0.6) is 0 Å². The average molecular weight is 297 g/mol. The molecule has 1 unspecified atom stereocenters. The Morgan fingerprint density at radius 3 is 2.90 bits per heavy atom. The van der Waals surface area contributed by atoms with E-state index >= 15 is 0 Å². The molecule has 1 heterocycles. The van der Waals surface area contributed by atoms with Crippen LogP contribution in [-0.4, -0.2) is 34.1 Å². The molecule has 0 radical (unpaired) electrons. The number of para-hydroxylation sites is 1. The van der Waals surface area contributed by atoms with Gasteiger partial charge in [-0.3, -0.25) is 0 Å². The predicted molar refractivity (Wildman–Crippen MR) is 81.4 cm³/mol. The van der Waals surface area contributed by atoms with Gasteiger partial charge in [-0.25, -0.2) is 13.1 Å². The molecule has 2 rings (SSSR count). The molecule has 3 N–H and O–H groups in total. The van der Waals surface area contributed by atoms with Crippen LogP contribution in [0.15, 0.2) is 29.2 Å². The Kier molecular flexibility index (Phi) is 5.39. The third-order valence-corrected chi connectivity index (χ3v) is 5.02. The van der Waals surface area contributed by atoms with E-state index in [4.69, 9.17) is 0 Å². The van der Waals surface area contributed by atoms with Gasteiger partial charge in [0.1, 0.15) is 4.90 Å². The zero-order valence-electron chi connectivity index (χ0n) is 11.9. The highest BCUT2D eigenvalue weighted by Gasteiger charge is 2.19. The second kappa shape index (κ2) is 7.06. The van der Waals surface area contributed by atoms with Gasteiger partial charge in [0.05, 0.1) is 5.69 Å².